The third-order valence-corrected chi connectivity index (χ3v) is 3.07. The summed E-state index contributed by atoms with van der Waals surface area (Å²) in [6.07, 6.45) is 2.80. The molecule has 1 N–H and O–H groups in total. The van der Waals surface area contributed by atoms with Crippen LogP contribution in [0.2, 0.25) is 0 Å². The van der Waals surface area contributed by atoms with Crippen LogP contribution >= 0.6 is 0 Å². The van der Waals surface area contributed by atoms with Gasteiger partial charge < -0.3 is 14.8 Å². The van der Waals surface area contributed by atoms with Crippen molar-refractivity contribution in [3.05, 3.63) is 48.0 Å². The Balaban J connectivity index is 1.56. The van der Waals surface area contributed by atoms with Crippen molar-refractivity contribution in [2.45, 2.75) is 13.0 Å². The Morgan fingerprint density at radius 3 is 2.86 bits per heavy atom. The number of aryl methyl sites for hydroxylation is 1. The van der Waals surface area contributed by atoms with Gasteiger partial charge in [0.1, 0.15) is 18.4 Å². The summed E-state index contributed by atoms with van der Waals surface area (Å²) in [4.78, 5) is 20.0. The molecule has 0 bridgehead atoms. The Hall–Kier alpha value is -2.63. The summed E-state index contributed by atoms with van der Waals surface area (Å²) in [5.41, 5.74) is 1.06. The second-order valence-electron chi connectivity index (χ2n) is 4.75. The van der Waals surface area contributed by atoms with Gasteiger partial charge in [-0.1, -0.05) is 12.1 Å². The maximum atomic E-state index is 11.9. The van der Waals surface area contributed by atoms with Crippen molar-refractivity contribution in [1.82, 2.24) is 15.3 Å². The minimum Gasteiger partial charge on any atom is -0.486 e. The molecule has 0 radical (unpaired) electrons. The summed E-state index contributed by atoms with van der Waals surface area (Å²) in [6.45, 7) is 2.57. The number of rotatable bonds is 3. The van der Waals surface area contributed by atoms with E-state index in [0.717, 1.165) is 11.4 Å². The Kier molecular flexibility index (Phi) is 3.68. The number of nitrogens with one attached hydrogen (secondary N) is 1. The predicted molar refractivity (Wildman–Crippen MR) is 75.5 cm³/mol. The summed E-state index contributed by atoms with van der Waals surface area (Å²) < 4.78 is 11.3. The van der Waals surface area contributed by atoms with Gasteiger partial charge in [0.2, 0.25) is 0 Å². The SMILES string of the molecule is Cc1cnc(C(=O)NC[C@H]2COc3ccccc3O2)cn1. The molecule has 6 heteroatoms. The van der Waals surface area contributed by atoms with Gasteiger partial charge in [-0.25, -0.2) is 4.98 Å². The zero-order chi connectivity index (χ0) is 14.7. The van der Waals surface area contributed by atoms with E-state index in [0.29, 0.717) is 18.9 Å². The smallest absolute Gasteiger partial charge is 0.271 e. The lowest BCUT2D eigenvalue weighted by Gasteiger charge is -2.26. The van der Waals surface area contributed by atoms with E-state index in [2.05, 4.69) is 15.3 Å². The number of hydrogen-bond donors (Lipinski definition) is 1. The number of hydrogen-bond acceptors (Lipinski definition) is 5. The molecule has 2 heterocycles. The van der Waals surface area contributed by atoms with Crippen LogP contribution in [0.5, 0.6) is 11.5 Å². The number of ether oxygens (including phenoxy) is 2. The minimum absolute atomic E-state index is 0.220. The van der Waals surface area contributed by atoms with Crippen molar-refractivity contribution in [2.75, 3.05) is 13.2 Å². The lowest BCUT2D eigenvalue weighted by Crippen LogP contribution is -2.41. The Morgan fingerprint density at radius 2 is 2.10 bits per heavy atom. The van der Waals surface area contributed by atoms with Crippen LogP contribution in [0.15, 0.2) is 36.7 Å². The van der Waals surface area contributed by atoms with Crippen molar-refractivity contribution in [2.24, 2.45) is 0 Å². The molecule has 0 saturated heterocycles. The van der Waals surface area contributed by atoms with Crippen molar-refractivity contribution >= 4 is 5.91 Å². The van der Waals surface area contributed by atoms with Crippen molar-refractivity contribution < 1.29 is 14.3 Å². The highest BCUT2D eigenvalue weighted by atomic mass is 16.6. The van der Waals surface area contributed by atoms with E-state index in [1.54, 1.807) is 6.20 Å². The minimum atomic E-state index is -0.273. The first kappa shape index (κ1) is 13.4. The fraction of sp³-hybridized carbons (Fsp3) is 0.267. The number of carbonyl (C=O) groups excluding carboxylic acids is 1. The second-order valence-corrected chi connectivity index (χ2v) is 4.75. The van der Waals surface area contributed by atoms with Gasteiger partial charge in [0.05, 0.1) is 18.4 Å². The third kappa shape index (κ3) is 3.10. The number of benzene rings is 1. The standard InChI is InChI=1S/C15H15N3O3/c1-10-6-17-12(8-16-10)15(19)18-7-11-9-20-13-4-2-3-5-14(13)21-11/h2-6,8,11H,7,9H2,1H3,(H,18,19)/t11-/m0/s1. The van der Waals surface area contributed by atoms with Crippen LogP contribution in [-0.4, -0.2) is 35.1 Å². The van der Waals surface area contributed by atoms with Gasteiger partial charge >= 0.3 is 0 Å². The molecule has 21 heavy (non-hydrogen) atoms. The summed E-state index contributed by atoms with van der Waals surface area (Å²) in [5, 5.41) is 2.77. The molecule has 0 spiro atoms. The zero-order valence-electron chi connectivity index (χ0n) is 11.6. The highest BCUT2D eigenvalue weighted by Crippen LogP contribution is 2.30. The molecule has 0 saturated carbocycles. The number of carbonyl (C=O) groups is 1. The van der Waals surface area contributed by atoms with Crippen LogP contribution in [0.4, 0.5) is 0 Å². The highest BCUT2D eigenvalue weighted by Gasteiger charge is 2.21. The molecule has 1 aromatic carbocycles. The molecule has 3 rings (SSSR count). The molecule has 1 aromatic heterocycles. The van der Waals surface area contributed by atoms with Gasteiger partial charge in [-0.2, -0.15) is 0 Å². The van der Waals surface area contributed by atoms with Gasteiger partial charge in [0.25, 0.3) is 5.91 Å². The van der Waals surface area contributed by atoms with Crippen molar-refractivity contribution in [1.29, 1.82) is 0 Å². The largest absolute Gasteiger partial charge is 0.486 e. The van der Waals surface area contributed by atoms with E-state index >= 15 is 0 Å². The lowest BCUT2D eigenvalue weighted by molar-refractivity contribution is 0.0786. The van der Waals surface area contributed by atoms with Gasteiger partial charge in [-0.3, -0.25) is 9.78 Å². The quantitative estimate of drug-likeness (QED) is 0.921. The number of nitrogens with zero attached hydrogens (tertiary/aromatic N) is 2. The topological polar surface area (TPSA) is 73.3 Å². The molecule has 0 fully saturated rings. The lowest BCUT2D eigenvalue weighted by atomic mass is 10.2. The summed E-state index contributed by atoms with van der Waals surface area (Å²) in [7, 11) is 0. The van der Waals surface area contributed by atoms with E-state index in [1.807, 2.05) is 31.2 Å². The van der Waals surface area contributed by atoms with E-state index in [1.165, 1.54) is 6.20 Å². The van der Waals surface area contributed by atoms with Crippen molar-refractivity contribution in [3.8, 4) is 11.5 Å². The molecule has 1 atom stereocenters. The normalized spacial score (nSPS) is 16.3. The zero-order valence-corrected chi connectivity index (χ0v) is 11.6. The molecule has 108 valence electrons. The summed E-state index contributed by atoms with van der Waals surface area (Å²) in [5.74, 6) is 1.15. The van der Waals surface area contributed by atoms with E-state index in [9.17, 15) is 4.79 Å². The monoisotopic (exact) mass is 285 g/mol. The Labute approximate surface area is 122 Å². The molecular weight excluding hydrogens is 270 g/mol. The Bertz CT molecular complexity index is 643. The average molecular weight is 285 g/mol. The first-order chi connectivity index (χ1) is 10.2. The van der Waals surface area contributed by atoms with Crippen LogP contribution in [0, 0.1) is 6.92 Å². The van der Waals surface area contributed by atoms with Crippen LogP contribution in [0.1, 0.15) is 16.2 Å². The summed E-state index contributed by atoms with van der Waals surface area (Å²) in [6, 6.07) is 7.46. The molecule has 1 amide bonds. The van der Waals surface area contributed by atoms with Gasteiger partial charge in [-0.05, 0) is 19.1 Å². The maximum absolute atomic E-state index is 11.9. The van der Waals surface area contributed by atoms with E-state index in [4.69, 9.17) is 9.47 Å². The Morgan fingerprint density at radius 1 is 1.29 bits per heavy atom. The molecular formula is C15H15N3O3. The fourth-order valence-electron chi connectivity index (χ4n) is 1.97. The van der Waals surface area contributed by atoms with Gasteiger partial charge in [0.15, 0.2) is 11.5 Å². The molecule has 1 aliphatic heterocycles. The van der Waals surface area contributed by atoms with Crippen LogP contribution < -0.4 is 14.8 Å². The first-order valence-electron chi connectivity index (χ1n) is 6.68. The van der Waals surface area contributed by atoms with Gasteiger partial charge in [0, 0.05) is 6.20 Å². The van der Waals surface area contributed by atoms with Crippen LogP contribution in [0.25, 0.3) is 0 Å². The highest BCUT2D eigenvalue weighted by molar-refractivity contribution is 5.91. The molecule has 1 aliphatic rings. The first-order valence-corrected chi connectivity index (χ1v) is 6.68. The van der Waals surface area contributed by atoms with Crippen LogP contribution in [0.3, 0.4) is 0 Å². The predicted octanol–water partition coefficient (Wildman–Crippen LogP) is 1.35. The number of fused-ring (bicyclic) bond motifs is 1. The third-order valence-electron chi connectivity index (χ3n) is 3.07. The van der Waals surface area contributed by atoms with Crippen LogP contribution in [-0.2, 0) is 0 Å². The molecule has 6 nitrogen and oxygen atoms in total. The van der Waals surface area contributed by atoms with E-state index in [-0.39, 0.29) is 17.7 Å². The average Bonchev–Trinajstić information content (AvgIpc) is 2.53. The fourth-order valence-corrected chi connectivity index (χ4v) is 1.97. The van der Waals surface area contributed by atoms with Gasteiger partial charge in [-0.15, -0.1) is 0 Å². The maximum Gasteiger partial charge on any atom is 0.271 e. The molecule has 0 unspecified atom stereocenters. The number of amides is 1. The molecule has 2 aromatic rings. The van der Waals surface area contributed by atoms with E-state index < -0.39 is 0 Å². The van der Waals surface area contributed by atoms with Crippen molar-refractivity contribution in [3.63, 3.8) is 0 Å². The molecule has 0 aliphatic carbocycles. The summed E-state index contributed by atoms with van der Waals surface area (Å²) >= 11 is 0. The number of para-hydroxylation sites is 2. The second kappa shape index (κ2) is 5.78. The number of aromatic nitrogens is 2.